The molecule has 0 radical (unpaired) electrons. The first-order chi connectivity index (χ1) is 25.1. The Balaban J connectivity index is 1.03. The third-order valence-electron chi connectivity index (χ3n) is 9.90. The van der Waals surface area contributed by atoms with Crippen molar-refractivity contribution in [2.75, 3.05) is 57.3 Å². The molecular formula is C39H47N9O4. The van der Waals surface area contributed by atoms with Crippen LogP contribution in [0.25, 0.3) is 5.57 Å². The molecule has 3 aromatic rings. The molecule has 4 N–H and O–H groups in total. The molecule has 2 aromatic heterocycles. The van der Waals surface area contributed by atoms with Crippen LogP contribution in [0.4, 0.5) is 5.82 Å². The van der Waals surface area contributed by atoms with E-state index >= 15 is 0 Å². The van der Waals surface area contributed by atoms with Gasteiger partial charge in [0.15, 0.2) is 0 Å². The molecule has 1 spiro atoms. The lowest BCUT2D eigenvalue weighted by Crippen LogP contribution is -2.43. The van der Waals surface area contributed by atoms with Gasteiger partial charge >= 0.3 is 0 Å². The fourth-order valence-corrected chi connectivity index (χ4v) is 7.01. The lowest BCUT2D eigenvalue weighted by molar-refractivity contribution is -0.132. The van der Waals surface area contributed by atoms with E-state index in [-0.39, 0.29) is 43.3 Å². The van der Waals surface area contributed by atoms with Crippen molar-refractivity contribution >= 4 is 41.1 Å². The average molecular weight is 706 g/mol. The van der Waals surface area contributed by atoms with Gasteiger partial charge in [-0.2, -0.15) is 0 Å². The summed E-state index contributed by atoms with van der Waals surface area (Å²) in [6.45, 7) is 9.26. The normalized spacial score (nSPS) is 19.7. The van der Waals surface area contributed by atoms with Crippen LogP contribution in [-0.4, -0.2) is 113 Å². The Hall–Kier alpha value is -5.27. The number of aromatic nitrogens is 2. The van der Waals surface area contributed by atoms with E-state index in [0.29, 0.717) is 74.4 Å². The zero-order chi connectivity index (χ0) is 36.8. The van der Waals surface area contributed by atoms with Crippen LogP contribution in [0.1, 0.15) is 61.1 Å². The van der Waals surface area contributed by atoms with Gasteiger partial charge in [-0.1, -0.05) is 36.4 Å². The van der Waals surface area contributed by atoms with Gasteiger partial charge in [0, 0.05) is 49.6 Å². The van der Waals surface area contributed by atoms with Gasteiger partial charge in [-0.15, -0.1) is 0 Å². The minimum absolute atomic E-state index is 0.00293. The molecule has 5 heterocycles. The van der Waals surface area contributed by atoms with Gasteiger partial charge in [0.05, 0.1) is 42.6 Å². The van der Waals surface area contributed by atoms with Gasteiger partial charge in [-0.25, -0.2) is 15.0 Å². The zero-order valence-corrected chi connectivity index (χ0v) is 30.1. The summed E-state index contributed by atoms with van der Waals surface area (Å²) in [5.74, 6) is 1.50. The van der Waals surface area contributed by atoms with Crippen molar-refractivity contribution in [1.29, 1.82) is 5.41 Å². The van der Waals surface area contributed by atoms with Crippen molar-refractivity contribution in [3.63, 3.8) is 0 Å². The number of aryl methyl sites for hydroxylation is 1. The van der Waals surface area contributed by atoms with E-state index in [0.717, 1.165) is 23.1 Å². The van der Waals surface area contributed by atoms with E-state index in [2.05, 4.69) is 25.9 Å². The summed E-state index contributed by atoms with van der Waals surface area (Å²) in [6.07, 6.45) is 7.22. The predicted octanol–water partition coefficient (Wildman–Crippen LogP) is 3.46. The summed E-state index contributed by atoms with van der Waals surface area (Å²) in [5, 5.41) is 17.7. The van der Waals surface area contributed by atoms with Crippen molar-refractivity contribution in [1.82, 2.24) is 19.8 Å². The maximum Gasteiger partial charge on any atom is 0.237 e. The van der Waals surface area contributed by atoms with Gasteiger partial charge in [0.25, 0.3) is 0 Å². The minimum Gasteiger partial charge on any atom is -0.475 e. The fourth-order valence-electron chi connectivity index (χ4n) is 7.01. The number of pyridine rings is 2. The first-order valence-corrected chi connectivity index (χ1v) is 17.8. The summed E-state index contributed by atoms with van der Waals surface area (Å²) >= 11 is 0. The second-order valence-electron chi connectivity index (χ2n) is 13.9. The van der Waals surface area contributed by atoms with E-state index in [1.54, 1.807) is 23.2 Å². The number of benzene rings is 1. The number of aliphatic hydroxyl groups is 1. The molecule has 52 heavy (non-hydrogen) atoms. The lowest BCUT2D eigenvalue weighted by Gasteiger charge is -2.29. The van der Waals surface area contributed by atoms with E-state index in [9.17, 15) is 9.59 Å². The van der Waals surface area contributed by atoms with Crippen molar-refractivity contribution in [2.45, 2.75) is 46.1 Å². The first kappa shape index (κ1) is 36.5. The number of hydrogen-bond acceptors (Lipinski definition) is 9. The van der Waals surface area contributed by atoms with Gasteiger partial charge in [-0.05, 0) is 75.4 Å². The van der Waals surface area contributed by atoms with Gasteiger partial charge < -0.3 is 20.5 Å². The molecule has 2 amide bonds. The number of carbonyl (C=O) groups is 2. The second-order valence-corrected chi connectivity index (χ2v) is 13.9. The van der Waals surface area contributed by atoms with E-state index < -0.39 is 5.41 Å². The average Bonchev–Trinajstić information content (AvgIpc) is 3.71. The number of carbonyl (C=O) groups excluding carboxylic acids is 2. The number of ether oxygens (including phenoxy) is 1. The lowest BCUT2D eigenvalue weighted by atomic mass is 9.85. The number of hydrogen-bond donors (Lipinski definition) is 3. The largest absolute Gasteiger partial charge is 0.475 e. The highest BCUT2D eigenvalue weighted by molar-refractivity contribution is 6.11. The number of aliphatic imine (C=N–C) groups is 2. The Bertz CT molecular complexity index is 1890. The highest BCUT2D eigenvalue weighted by Crippen LogP contribution is 2.42. The van der Waals surface area contributed by atoms with Crippen molar-refractivity contribution in [3.8, 4) is 5.88 Å². The molecule has 3 aliphatic rings. The summed E-state index contributed by atoms with van der Waals surface area (Å²) in [5.41, 5.74) is 10.8. The van der Waals surface area contributed by atoms with Crippen LogP contribution in [0.5, 0.6) is 5.88 Å². The number of likely N-dealkylation sites (tertiary alicyclic amines) is 1. The van der Waals surface area contributed by atoms with Gasteiger partial charge in [0.2, 0.25) is 17.7 Å². The molecule has 13 heteroatoms. The van der Waals surface area contributed by atoms with Crippen molar-refractivity contribution < 1.29 is 19.4 Å². The summed E-state index contributed by atoms with van der Waals surface area (Å²) in [6, 6.07) is 15.2. The molecule has 6 rings (SSSR count). The van der Waals surface area contributed by atoms with E-state index in [4.69, 9.17) is 26.0 Å². The third kappa shape index (κ3) is 8.11. The Labute approximate surface area is 304 Å². The number of rotatable bonds is 12. The minimum atomic E-state index is -0.544. The summed E-state index contributed by atoms with van der Waals surface area (Å²) < 4.78 is 5.64. The highest BCUT2D eigenvalue weighted by atomic mass is 16.5. The Morgan fingerprint density at radius 2 is 1.87 bits per heavy atom. The number of nitrogens with one attached hydrogen (secondary N) is 1. The molecule has 1 atom stereocenters. The van der Waals surface area contributed by atoms with Gasteiger partial charge in [0.1, 0.15) is 18.0 Å². The quantitative estimate of drug-likeness (QED) is 0.190. The number of amidine groups is 1. The molecule has 13 nitrogen and oxygen atoms in total. The number of nitrogens with zero attached hydrogens (tertiary/aromatic N) is 7. The summed E-state index contributed by atoms with van der Waals surface area (Å²) in [4.78, 5) is 50.3. The van der Waals surface area contributed by atoms with Crippen LogP contribution in [-0.2, 0) is 9.59 Å². The fraction of sp³-hybridized carbons (Fsp3) is 0.410. The molecule has 0 bridgehead atoms. The van der Waals surface area contributed by atoms with Crippen LogP contribution in [0, 0.1) is 17.7 Å². The number of amides is 2. The van der Waals surface area contributed by atoms with Crippen LogP contribution < -0.4 is 15.4 Å². The Kier molecular flexibility index (Phi) is 11.2. The topological polar surface area (TPSA) is 174 Å². The number of anilines is 1. The monoisotopic (exact) mass is 705 g/mol. The molecule has 0 aliphatic carbocycles. The van der Waals surface area contributed by atoms with Gasteiger partial charge in [-0.3, -0.25) is 29.8 Å². The van der Waals surface area contributed by atoms with Crippen LogP contribution in [0.3, 0.4) is 0 Å². The highest BCUT2D eigenvalue weighted by Gasteiger charge is 2.51. The SMILES string of the molecule is Cc1ccc(N2CC[C@]3(CCN(CC(=O)N4CC=C(c5ccc(C(N)=NC=NCCO)cc5)CC4)C3)C2=O)nc1C(=N)c1ccc(OC(C)C)nc1. The smallest absolute Gasteiger partial charge is 0.237 e. The molecule has 0 unspecified atom stereocenters. The number of nitrogens with two attached hydrogens (primary N) is 1. The molecule has 2 saturated heterocycles. The summed E-state index contributed by atoms with van der Waals surface area (Å²) in [7, 11) is 0. The van der Waals surface area contributed by atoms with Crippen LogP contribution >= 0.6 is 0 Å². The maximum atomic E-state index is 14.0. The second kappa shape index (κ2) is 16.0. The molecule has 3 aliphatic heterocycles. The van der Waals surface area contributed by atoms with Crippen LogP contribution in [0.2, 0.25) is 0 Å². The molecule has 0 saturated carbocycles. The van der Waals surface area contributed by atoms with E-state index in [1.807, 2.05) is 62.1 Å². The molecule has 2 fully saturated rings. The molecule has 1 aromatic carbocycles. The molecular weight excluding hydrogens is 658 g/mol. The van der Waals surface area contributed by atoms with E-state index in [1.165, 1.54) is 11.9 Å². The first-order valence-electron chi connectivity index (χ1n) is 17.8. The molecule has 272 valence electrons. The predicted molar refractivity (Wildman–Crippen MR) is 202 cm³/mol. The third-order valence-corrected chi connectivity index (χ3v) is 9.90. The number of aliphatic hydroxyl groups excluding tert-OH is 1. The standard InChI is InChI=1S/C39H47N9O4/c1-26(2)52-33-11-9-31(22-43-33)35(40)36-27(3)4-10-32(45-36)48-20-15-39(38(48)51)14-19-46(24-39)23-34(50)47-17-12-29(13-18-47)28-5-7-30(8-6-28)37(41)44-25-42-16-21-49/h4-12,22,25-26,40,49H,13-21,23-24H2,1-3H3,(H2,41,42,44)/t39-/m0/s1. The Morgan fingerprint density at radius 1 is 1.10 bits per heavy atom. The Morgan fingerprint density at radius 3 is 2.56 bits per heavy atom. The zero-order valence-electron chi connectivity index (χ0n) is 30.1. The van der Waals surface area contributed by atoms with Crippen molar-refractivity contribution in [3.05, 3.63) is 88.8 Å². The maximum absolute atomic E-state index is 14.0. The van der Waals surface area contributed by atoms with Crippen LogP contribution in [0.15, 0.2) is 70.8 Å². The van der Waals surface area contributed by atoms with Crippen molar-refractivity contribution in [2.24, 2.45) is 21.1 Å².